The second kappa shape index (κ2) is 4.78. The average Bonchev–Trinajstić information content (AvgIpc) is 2.64. The third-order valence-electron chi connectivity index (χ3n) is 3.27. The van der Waals surface area contributed by atoms with Gasteiger partial charge in [-0.25, -0.2) is 0 Å². The van der Waals surface area contributed by atoms with E-state index in [1.54, 1.807) is 0 Å². The maximum atomic E-state index is 11.4. The van der Waals surface area contributed by atoms with Gasteiger partial charge in [0.25, 0.3) is 0 Å². The Balaban J connectivity index is 1.92. The van der Waals surface area contributed by atoms with Gasteiger partial charge in [0.2, 0.25) is 0 Å². The molecule has 88 valence electrons. The van der Waals surface area contributed by atoms with Crippen LogP contribution in [0.3, 0.4) is 0 Å². The molecule has 16 heavy (non-hydrogen) atoms. The van der Waals surface area contributed by atoms with Crippen molar-refractivity contribution >= 4 is 5.78 Å². The Hall–Kier alpha value is -1.16. The summed E-state index contributed by atoms with van der Waals surface area (Å²) in [5.74, 6) is 0.411. The number of carbonyl (C=O) groups is 1. The van der Waals surface area contributed by atoms with Gasteiger partial charge in [0.15, 0.2) is 0 Å². The van der Waals surface area contributed by atoms with Crippen LogP contribution in [0.2, 0.25) is 0 Å². The van der Waals surface area contributed by atoms with Crippen LogP contribution in [0.4, 0.5) is 0 Å². The quantitative estimate of drug-likeness (QED) is 0.773. The minimum Gasteiger partial charge on any atom is -0.300 e. The molecule has 0 spiro atoms. The first-order chi connectivity index (χ1) is 7.65. The van der Waals surface area contributed by atoms with E-state index in [1.807, 2.05) is 24.1 Å². The topological polar surface area (TPSA) is 38.1 Å². The fourth-order valence-corrected chi connectivity index (χ4v) is 2.35. The van der Waals surface area contributed by atoms with Crippen molar-refractivity contribution in [2.75, 3.05) is 7.05 Å². The van der Waals surface area contributed by atoms with Crippen LogP contribution in [0, 0.1) is 0 Å². The monoisotopic (exact) mass is 221 g/mol. The smallest absolute Gasteiger partial charge is 0.134 e. The van der Waals surface area contributed by atoms with Crippen molar-refractivity contribution in [3.8, 4) is 0 Å². The molecular weight excluding hydrogens is 202 g/mol. The summed E-state index contributed by atoms with van der Waals surface area (Å²) >= 11 is 0. The van der Waals surface area contributed by atoms with E-state index in [1.165, 1.54) is 5.56 Å². The Morgan fingerprint density at radius 1 is 1.62 bits per heavy atom. The predicted molar refractivity (Wildman–Crippen MR) is 61.9 cm³/mol. The molecule has 1 aromatic heterocycles. The lowest BCUT2D eigenvalue weighted by atomic mass is 9.93. The van der Waals surface area contributed by atoms with E-state index >= 15 is 0 Å². The predicted octanol–water partition coefficient (Wildman–Crippen LogP) is 1.36. The Bertz CT molecular complexity index is 372. The molecule has 1 unspecified atom stereocenters. The minimum absolute atomic E-state index is 0.411. The average molecular weight is 221 g/mol. The van der Waals surface area contributed by atoms with Gasteiger partial charge in [-0.2, -0.15) is 5.10 Å². The summed E-state index contributed by atoms with van der Waals surface area (Å²) in [6.45, 7) is 0.881. The van der Waals surface area contributed by atoms with E-state index in [0.29, 0.717) is 11.8 Å². The standard InChI is InChI=1S/C12H19N3O/c1-14(8-10-7-13-15(2)9-10)11-4-3-5-12(16)6-11/h7,9,11H,3-6,8H2,1-2H3. The molecule has 1 saturated carbocycles. The first kappa shape index (κ1) is 11.3. The lowest BCUT2D eigenvalue weighted by Gasteiger charge is -2.30. The fraction of sp³-hybridized carbons (Fsp3) is 0.667. The molecule has 0 aliphatic heterocycles. The van der Waals surface area contributed by atoms with Crippen LogP contribution in [-0.4, -0.2) is 33.6 Å². The molecule has 4 heteroatoms. The van der Waals surface area contributed by atoms with E-state index in [9.17, 15) is 4.79 Å². The molecule has 0 aromatic carbocycles. The molecule has 1 aromatic rings. The van der Waals surface area contributed by atoms with Crippen LogP contribution in [-0.2, 0) is 18.4 Å². The van der Waals surface area contributed by atoms with Gasteiger partial charge in [0.05, 0.1) is 6.20 Å². The summed E-state index contributed by atoms with van der Waals surface area (Å²) in [6.07, 6.45) is 7.60. The summed E-state index contributed by atoms with van der Waals surface area (Å²) in [5.41, 5.74) is 1.21. The number of rotatable bonds is 3. The van der Waals surface area contributed by atoms with Gasteiger partial charge < -0.3 is 0 Å². The van der Waals surface area contributed by atoms with Gasteiger partial charge in [-0.15, -0.1) is 0 Å². The lowest BCUT2D eigenvalue weighted by molar-refractivity contribution is -0.121. The molecule has 1 atom stereocenters. The summed E-state index contributed by atoms with van der Waals surface area (Å²) in [6, 6.07) is 0.418. The minimum atomic E-state index is 0.411. The van der Waals surface area contributed by atoms with Crippen LogP contribution in [0.5, 0.6) is 0 Å². The highest BCUT2D eigenvalue weighted by atomic mass is 16.1. The highest BCUT2D eigenvalue weighted by Gasteiger charge is 2.22. The molecular formula is C12H19N3O. The van der Waals surface area contributed by atoms with E-state index in [-0.39, 0.29) is 0 Å². The molecule has 0 saturated heterocycles. The van der Waals surface area contributed by atoms with Gasteiger partial charge in [0.1, 0.15) is 5.78 Å². The van der Waals surface area contributed by atoms with Gasteiger partial charge in [0, 0.05) is 44.2 Å². The molecule has 1 aliphatic carbocycles. The maximum Gasteiger partial charge on any atom is 0.134 e. The first-order valence-electron chi connectivity index (χ1n) is 5.84. The van der Waals surface area contributed by atoms with Crippen molar-refractivity contribution in [3.05, 3.63) is 18.0 Å². The Kier molecular flexibility index (Phi) is 3.39. The van der Waals surface area contributed by atoms with Crippen LogP contribution < -0.4 is 0 Å². The second-order valence-corrected chi connectivity index (χ2v) is 4.73. The zero-order valence-corrected chi connectivity index (χ0v) is 10.0. The summed E-state index contributed by atoms with van der Waals surface area (Å²) in [7, 11) is 4.02. The SMILES string of the molecule is CN(Cc1cnn(C)c1)C1CCCC(=O)C1. The second-order valence-electron chi connectivity index (χ2n) is 4.73. The van der Waals surface area contributed by atoms with Crippen LogP contribution in [0.15, 0.2) is 12.4 Å². The largest absolute Gasteiger partial charge is 0.300 e. The molecule has 0 N–H and O–H groups in total. The van der Waals surface area contributed by atoms with Gasteiger partial charge in [-0.1, -0.05) is 0 Å². The summed E-state index contributed by atoms with van der Waals surface area (Å²) in [4.78, 5) is 13.7. The molecule has 0 amide bonds. The Morgan fingerprint density at radius 3 is 3.06 bits per heavy atom. The third-order valence-corrected chi connectivity index (χ3v) is 3.27. The van der Waals surface area contributed by atoms with Crippen LogP contribution in [0.25, 0.3) is 0 Å². The highest BCUT2D eigenvalue weighted by molar-refractivity contribution is 5.79. The Morgan fingerprint density at radius 2 is 2.44 bits per heavy atom. The van der Waals surface area contributed by atoms with Crippen molar-refractivity contribution < 1.29 is 4.79 Å². The summed E-state index contributed by atoms with van der Waals surface area (Å²) in [5, 5.41) is 4.15. The van der Waals surface area contributed by atoms with Gasteiger partial charge in [-0.3, -0.25) is 14.4 Å². The normalized spacial score (nSPS) is 21.7. The molecule has 2 rings (SSSR count). The number of ketones is 1. The van der Waals surface area contributed by atoms with Crippen molar-refractivity contribution in [3.63, 3.8) is 0 Å². The van der Waals surface area contributed by atoms with E-state index in [2.05, 4.69) is 17.0 Å². The fourth-order valence-electron chi connectivity index (χ4n) is 2.35. The van der Waals surface area contributed by atoms with Gasteiger partial charge in [-0.05, 0) is 19.9 Å². The number of nitrogens with zero attached hydrogens (tertiary/aromatic N) is 3. The van der Waals surface area contributed by atoms with Crippen molar-refractivity contribution in [2.24, 2.45) is 7.05 Å². The number of hydrogen-bond donors (Lipinski definition) is 0. The third kappa shape index (κ3) is 2.70. The lowest BCUT2D eigenvalue weighted by Crippen LogP contribution is -2.35. The maximum absolute atomic E-state index is 11.4. The zero-order chi connectivity index (χ0) is 11.5. The van der Waals surface area contributed by atoms with Crippen molar-refractivity contribution in [1.82, 2.24) is 14.7 Å². The van der Waals surface area contributed by atoms with E-state index in [4.69, 9.17) is 0 Å². The molecule has 1 aliphatic rings. The number of aryl methyl sites for hydroxylation is 1. The number of aromatic nitrogens is 2. The zero-order valence-electron chi connectivity index (χ0n) is 10.0. The van der Waals surface area contributed by atoms with Crippen LogP contribution >= 0.6 is 0 Å². The molecule has 4 nitrogen and oxygen atoms in total. The van der Waals surface area contributed by atoms with E-state index in [0.717, 1.165) is 32.2 Å². The number of hydrogen-bond acceptors (Lipinski definition) is 3. The van der Waals surface area contributed by atoms with Crippen molar-refractivity contribution in [2.45, 2.75) is 38.3 Å². The molecule has 1 fully saturated rings. The van der Waals surface area contributed by atoms with Crippen molar-refractivity contribution in [1.29, 1.82) is 0 Å². The highest BCUT2D eigenvalue weighted by Crippen LogP contribution is 2.20. The summed E-state index contributed by atoms with van der Waals surface area (Å²) < 4.78 is 1.81. The first-order valence-corrected chi connectivity index (χ1v) is 5.84. The number of carbonyl (C=O) groups excluding carboxylic acids is 1. The van der Waals surface area contributed by atoms with Gasteiger partial charge >= 0.3 is 0 Å². The molecule has 0 bridgehead atoms. The molecule has 1 heterocycles. The van der Waals surface area contributed by atoms with E-state index < -0.39 is 0 Å². The molecule has 0 radical (unpaired) electrons. The number of Topliss-reactive ketones (excluding diaryl/α,β-unsaturated/α-hetero) is 1. The Labute approximate surface area is 96.2 Å². The van der Waals surface area contributed by atoms with Crippen LogP contribution in [0.1, 0.15) is 31.2 Å².